The molecule has 1 heterocycles. The van der Waals surface area contributed by atoms with Crippen molar-refractivity contribution < 1.29 is 18.1 Å². The van der Waals surface area contributed by atoms with Crippen molar-refractivity contribution in [3.63, 3.8) is 0 Å². The first kappa shape index (κ1) is 14.3. The second-order valence-corrected chi connectivity index (χ2v) is 7.06. The van der Waals surface area contributed by atoms with Gasteiger partial charge in [-0.05, 0) is 31.2 Å². The van der Waals surface area contributed by atoms with Gasteiger partial charge in [-0.3, -0.25) is 0 Å². The molecule has 0 unspecified atom stereocenters. The van der Waals surface area contributed by atoms with Gasteiger partial charge in [-0.15, -0.1) is 0 Å². The summed E-state index contributed by atoms with van der Waals surface area (Å²) in [5.74, 6) is 0.159. The van der Waals surface area contributed by atoms with Crippen LogP contribution < -0.4 is 10.6 Å². The summed E-state index contributed by atoms with van der Waals surface area (Å²) in [5, 5.41) is 0. The topological polar surface area (TPSA) is 73.8 Å². The van der Waals surface area contributed by atoms with Crippen LogP contribution in [0.5, 0.6) is 0 Å². The van der Waals surface area contributed by atoms with Crippen LogP contribution in [0.1, 0.15) is 6.92 Å². The first-order valence-electron chi connectivity index (χ1n) is 6.49. The molecule has 0 bridgehead atoms. The minimum atomic E-state index is -3.24. The van der Waals surface area contributed by atoms with Gasteiger partial charge in [0.15, 0.2) is 9.84 Å². The van der Waals surface area contributed by atoms with E-state index in [4.69, 9.17) is 10.5 Å². The van der Waals surface area contributed by atoms with Crippen molar-refractivity contribution in [3.8, 4) is 0 Å². The van der Waals surface area contributed by atoms with Crippen molar-refractivity contribution in [1.82, 2.24) is 0 Å². The number of rotatable bonds is 4. The summed E-state index contributed by atoms with van der Waals surface area (Å²) in [6, 6.07) is 6.47. The third-order valence-electron chi connectivity index (χ3n) is 3.54. The van der Waals surface area contributed by atoms with Gasteiger partial charge in [0.2, 0.25) is 0 Å². The highest BCUT2D eigenvalue weighted by molar-refractivity contribution is 7.91. The first-order chi connectivity index (χ1) is 8.99. The number of benzene rings is 1. The second-order valence-electron chi connectivity index (χ2n) is 5.02. The summed E-state index contributed by atoms with van der Waals surface area (Å²) >= 11 is 0. The highest BCUT2D eigenvalue weighted by atomic mass is 32.2. The molecule has 1 fully saturated rings. The number of hydrogen-bond acceptors (Lipinski definition) is 4. The van der Waals surface area contributed by atoms with Gasteiger partial charge in [0.25, 0.3) is 0 Å². The standard InChI is InChI=1S/C13H20N2O3S/c1-11(15-6-8-18-9-7-15)10-19(16,17)13-4-2-12(14)3-5-13/h2-5,11H,6-10,14H2,1H3/p+1/t11-/m1/s1. The Kier molecular flexibility index (Phi) is 4.44. The third-order valence-corrected chi connectivity index (χ3v) is 5.47. The lowest BCUT2D eigenvalue weighted by atomic mass is 10.3. The quantitative estimate of drug-likeness (QED) is 0.721. The SMILES string of the molecule is C[C@H](CS(=O)(=O)c1ccc(N)cc1)[NH+]1CCOCC1. The van der Waals surface area contributed by atoms with E-state index in [2.05, 4.69) is 0 Å². The van der Waals surface area contributed by atoms with Gasteiger partial charge in [-0.25, -0.2) is 8.42 Å². The Morgan fingerprint density at radius 2 is 1.84 bits per heavy atom. The lowest BCUT2D eigenvalue weighted by Crippen LogP contribution is -3.17. The molecule has 3 N–H and O–H groups in total. The van der Waals surface area contributed by atoms with Crippen LogP contribution in [0.3, 0.4) is 0 Å². The summed E-state index contributed by atoms with van der Waals surface area (Å²) in [6.07, 6.45) is 0. The van der Waals surface area contributed by atoms with Crippen molar-refractivity contribution >= 4 is 15.5 Å². The molecule has 0 aliphatic carbocycles. The summed E-state index contributed by atoms with van der Waals surface area (Å²) in [5.41, 5.74) is 6.15. The van der Waals surface area contributed by atoms with Crippen molar-refractivity contribution in [2.75, 3.05) is 37.8 Å². The molecule has 0 amide bonds. The number of hydrogen-bond donors (Lipinski definition) is 2. The minimum absolute atomic E-state index is 0.0754. The zero-order valence-corrected chi connectivity index (χ0v) is 11.9. The smallest absolute Gasteiger partial charge is 0.184 e. The fraction of sp³-hybridized carbons (Fsp3) is 0.538. The molecule has 5 nitrogen and oxygen atoms in total. The van der Waals surface area contributed by atoms with E-state index in [0.717, 1.165) is 13.1 Å². The normalized spacial score (nSPS) is 19.2. The van der Waals surface area contributed by atoms with E-state index in [1.54, 1.807) is 24.3 Å². The average Bonchev–Trinajstić information content (AvgIpc) is 2.40. The molecule has 0 spiro atoms. The highest BCUT2D eigenvalue weighted by Crippen LogP contribution is 2.13. The summed E-state index contributed by atoms with van der Waals surface area (Å²) < 4.78 is 29.9. The molecule has 1 atom stereocenters. The number of sulfone groups is 1. The molecule has 2 rings (SSSR count). The number of anilines is 1. The predicted octanol–water partition coefficient (Wildman–Crippen LogP) is -0.654. The second kappa shape index (κ2) is 5.90. The van der Waals surface area contributed by atoms with Crippen molar-refractivity contribution in [1.29, 1.82) is 0 Å². The molecule has 19 heavy (non-hydrogen) atoms. The maximum absolute atomic E-state index is 12.3. The van der Waals surface area contributed by atoms with Crippen LogP contribution in [0.2, 0.25) is 0 Å². The number of nitrogens with one attached hydrogen (secondary N) is 1. The molecule has 6 heteroatoms. The fourth-order valence-electron chi connectivity index (χ4n) is 2.34. The van der Waals surface area contributed by atoms with Crippen molar-refractivity contribution in [3.05, 3.63) is 24.3 Å². The van der Waals surface area contributed by atoms with Gasteiger partial charge in [0, 0.05) is 5.69 Å². The zero-order valence-electron chi connectivity index (χ0n) is 11.1. The van der Waals surface area contributed by atoms with E-state index in [9.17, 15) is 8.42 Å². The van der Waals surface area contributed by atoms with Gasteiger partial charge >= 0.3 is 0 Å². The Morgan fingerprint density at radius 3 is 2.42 bits per heavy atom. The number of morpholine rings is 1. The van der Waals surface area contributed by atoms with Crippen LogP contribution in [0.15, 0.2) is 29.2 Å². The monoisotopic (exact) mass is 285 g/mol. The Hall–Kier alpha value is -1.11. The van der Waals surface area contributed by atoms with Gasteiger partial charge in [0.05, 0.1) is 24.2 Å². The van der Waals surface area contributed by atoms with E-state index >= 15 is 0 Å². The average molecular weight is 285 g/mol. The van der Waals surface area contributed by atoms with Crippen molar-refractivity contribution in [2.45, 2.75) is 17.9 Å². The van der Waals surface area contributed by atoms with E-state index in [0.29, 0.717) is 23.8 Å². The predicted molar refractivity (Wildman–Crippen MR) is 73.9 cm³/mol. The van der Waals surface area contributed by atoms with Crippen LogP contribution >= 0.6 is 0 Å². The molecule has 1 aliphatic heterocycles. The van der Waals surface area contributed by atoms with Crippen LogP contribution in [-0.2, 0) is 14.6 Å². The van der Waals surface area contributed by atoms with Gasteiger partial charge in [0.1, 0.15) is 18.8 Å². The Bertz CT molecular complexity index is 507. The molecule has 0 saturated carbocycles. The van der Waals surface area contributed by atoms with Gasteiger partial charge in [-0.1, -0.05) is 0 Å². The van der Waals surface area contributed by atoms with Gasteiger partial charge in [-0.2, -0.15) is 0 Å². The third kappa shape index (κ3) is 3.68. The Balaban J connectivity index is 2.05. The molecule has 1 saturated heterocycles. The van der Waals surface area contributed by atoms with Crippen LogP contribution in [0.4, 0.5) is 5.69 Å². The Labute approximate surface area is 114 Å². The van der Waals surface area contributed by atoms with Crippen LogP contribution in [0.25, 0.3) is 0 Å². The van der Waals surface area contributed by atoms with E-state index in [1.165, 1.54) is 4.90 Å². The maximum Gasteiger partial charge on any atom is 0.184 e. The molecule has 1 aromatic rings. The largest absolute Gasteiger partial charge is 0.399 e. The lowest BCUT2D eigenvalue weighted by molar-refractivity contribution is -0.928. The number of quaternary nitrogens is 1. The summed E-state index contributed by atoms with van der Waals surface area (Å²) in [4.78, 5) is 1.64. The lowest BCUT2D eigenvalue weighted by Gasteiger charge is -2.29. The van der Waals surface area contributed by atoms with E-state index < -0.39 is 9.84 Å². The first-order valence-corrected chi connectivity index (χ1v) is 8.15. The summed E-state index contributed by atoms with van der Waals surface area (Å²) in [6.45, 7) is 5.15. The molecule has 1 aromatic carbocycles. The van der Waals surface area contributed by atoms with Crippen molar-refractivity contribution in [2.24, 2.45) is 0 Å². The van der Waals surface area contributed by atoms with Crippen LogP contribution in [0, 0.1) is 0 Å². The number of nitrogens with two attached hydrogens (primary N) is 1. The molecule has 1 aliphatic rings. The molecular weight excluding hydrogens is 264 g/mol. The summed E-state index contributed by atoms with van der Waals surface area (Å²) in [7, 11) is -3.24. The maximum atomic E-state index is 12.3. The molecular formula is C13H21N2O3S+. The van der Waals surface area contributed by atoms with E-state index in [1.807, 2.05) is 6.92 Å². The molecule has 106 valence electrons. The number of nitrogen functional groups attached to an aromatic ring is 1. The molecule has 0 aromatic heterocycles. The minimum Gasteiger partial charge on any atom is -0.399 e. The highest BCUT2D eigenvalue weighted by Gasteiger charge is 2.27. The molecule has 0 radical (unpaired) electrons. The van der Waals surface area contributed by atoms with Crippen LogP contribution in [-0.4, -0.2) is 46.5 Å². The number of ether oxygens (including phenoxy) is 1. The Morgan fingerprint density at radius 1 is 1.26 bits per heavy atom. The zero-order chi connectivity index (χ0) is 13.9. The van der Waals surface area contributed by atoms with Gasteiger partial charge < -0.3 is 15.4 Å². The van der Waals surface area contributed by atoms with E-state index in [-0.39, 0.29) is 11.8 Å². The fourth-order valence-corrected chi connectivity index (χ4v) is 3.98.